The molecule has 0 radical (unpaired) electrons. The number of ether oxygens (including phenoxy) is 3. The Bertz CT molecular complexity index is 731. The molecule has 0 saturated heterocycles. The van der Waals surface area contributed by atoms with Crippen molar-refractivity contribution in [2.24, 2.45) is 0 Å². The number of amides is 1. The largest absolute Gasteiger partial charge is 0.496 e. The lowest BCUT2D eigenvalue weighted by atomic mass is 10.1. The number of rotatable bonds is 6. The predicted molar refractivity (Wildman–Crippen MR) is 94.5 cm³/mol. The van der Waals surface area contributed by atoms with Crippen molar-refractivity contribution in [1.29, 1.82) is 0 Å². The van der Waals surface area contributed by atoms with Crippen LogP contribution in [0.15, 0.2) is 42.5 Å². The van der Waals surface area contributed by atoms with Crippen LogP contribution in [0.25, 0.3) is 0 Å². The minimum atomic E-state index is -0.403. The van der Waals surface area contributed by atoms with Crippen LogP contribution in [-0.2, 0) is 4.74 Å². The number of benzene rings is 2. The first-order valence-electron chi connectivity index (χ1n) is 7.79. The Balaban J connectivity index is 2.18. The highest BCUT2D eigenvalue weighted by atomic mass is 16.5. The minimum Gasteiger partial charge on any atom is -0.496 e. The number of hydrogen-bond donors (Lipinski definition) is 1. The highest BCUT2D eigenvalue weighted by Gasteiger charge is 2.18. The van der Waals surface area contributed by atoms with Gasteiger partial charge in [0, 0.05) is 5.69 Å². The second kappa shape index (κ2) is 8.19. The van der Waals surface area contributed by atoms with Gasteiger partial charge in [-0.25, -0.2) is 4.79 Å². The van der Waals surface area contributed by atoms with E-state index in [2.05, 4.69) is 5.32 Å². The number of methoxy groups -OCH3 is 2. The molecule has 25 heavy (non-hydrogen) atoms. The average molecular weight is 343 g/mol. The SMILES string of the molecule is COc1cccc(OC)c1C(=O)Nc1ccc(C(=O)OC(C)C)cc1. The topological polar surface area (TPSA) is 73.9 Å². The van der Waals surface area contributed by atoms with Crippen molar-refractivity contribution in [3.63, 3.8) is 0 Å². The molecule has 0 saturated carbocycles. The van der Waals surface area contributed by atoms with E-state index in [1.54, 1.807) is 56.3 Å². The monoisotopic (exact) mass is 343 g/mol. The molecule has 2 aromatic carbocycles. The molecule has 0 aromatic heterocycles. The van der Waals surface area contributed by atoms with Gasteiger partial charge in [-0.2, -0.15) is 0 Å². The molecule has 0 atom stereocenters. The molecule has 6 nitrogen and oxygen atoms in total. The fraction of sp³-hybridized carbons (Fsp3) is 0.263. The van der Waals surface area contributed by atoms with E-state index < -0.39 is 5.97 Å². The van der Waals surface area contributed by atoms with Gasteiger partial charge < -0.3 is 19.5 Å². The summed E-state index contributed by atoms with van der Waals surface area (Å²) in [5.74, 6) is 0.0500. The van der Waals surface area contributed by atoms with E-state index >= 15 is 0 Å². The maximum atomic E-state index is 12.6. The Morgan fingerprint density at radius 2 is 1.48 bits per heavy atom. The number of nitrogens with one attached hydrogen (secondary N) is 1. The van der Waals surface area contributed by atoms with Gasteiger partial charge in [0.25, 0.3) is 5.91 Å². The first kappa shape index (κ1) is 18.3. The first-order chi connectivity index (χ1) is 12.0. The third-order valence-corrected chi connectivity index (χ3v) is 3.38. The third-order valence-electron chi connectivity index (χ3n) is 3.38. The predicted octanol–water partition coefficient (Wildman–Crippen LogP) is 3.52. The van der Waals surface area contributed by atoms with Gasteiger partial charge in [0.1, 0.15) is 17.1 Å². The van der Waals surface area contributed by atoms with Crippen molar-refractivity contribution in [3.8, 4) is 11.5 Å². The number of esters is 1. The van der Waals surface area contributed by atoms with Crippen LogP contribution in [0.5, 0.6) is 11.5 Å². The van der Waals surface area contributed by atoms with Gasteiger partial charge in [0.15, 0.2) is 0 Å². The fourth-order valence-corrected chi connectivity index (χ4v) is 2.24. The van der Waals surface area contributed by atoms with Crippen molar-refractivity contribution in [2.45, 2.75) is 20.0 Å². The summed E-state index contributed by atoms with van der Waals surface area (Å²) in [7, 11) is 2.97. The van der Waals surface area contributed by atoms with Gasteiger partial charge >= 0.3 is 5.97 Å². The number of anilines is 1. The molecule has 0 spiro atoms. The summed E-state index contributed by atoms with van der Waals surface area (Å²) in [6, 6.07) is 11.6. The average Bonchev–Trinajstić information content (AvgIpc) is 2.60. The van der Waals surface area contributed by atoms with E-state index in [0.717, 1.165) is 0 Å². The normalized spacial score (nSPS) is 10.3. The molecule has 1 amide bonds. The van der Waals surface area contributed by atoms with Gasteiger partial charge in [0.2, 0.25) is 0 Å². The van der Waals surface area contributed by atoms with Crippen molar-refractivity contribution in [2.75, 3.05) is 19.5 Å². The summed E-state index contributed by atoms with van der Waals surface area (Å²) in [5, 5.41) is 2.76. The zero-order valence-electron chi connectivity index (χ0n) is 14.7. The summed E-state index contributed by atoms with van der Waals surface area (Å²) in [6.07, 6.45) is -0.190. The molecular formula is C19H21NO5. The lowest BCUT2D eigenvalue weighted by molar-refractivity contribution is 0.0378. The van der Waals surface area contributed by atoms with Crippen LogP contribution in [0.2, 0.25) is 0 Å². The van der Waals surface area contributed by atoms with E-state index in [1.807, 2.05) is 0 Å². The molecule has 132 valence electrons. The first-order valence-corrected chi connectivity index (χ1v) is 7.79. The molecule has 0 aliphatic heterocycles. The number of carbonyl (C=O) groups is 2. The van der Waals surface area contributed by atoms with Gasteiger partial charge in [-0.15, -0.1) is 0 Å². The van der Waals surface area contributed by atoms with Crippen molar-refractivity contribution in [1.82, 2.24) is 0 Å². The molecule has 0 aliphatic rings. The third kappa shape index (κ3) is 4.50. The second-order valence-corrected chi connectivity index (χ2v) is 5.52. The van der Waals surface area contributed by atoms with Crippen LogP contribution < -0.4 is 14.8 Å². The van der Waals surface area contributed by atoms with E-state index in [-0.39, 0.29) is 12.0 Å². The standard InChI is InChI=1S/C19H21NO5/c1-12(2)25-19(22)13-8-10-14(11-9-13)20-18(21)17-15(23-3)6-5-7-16(17)24-4/h5-12H,1-4H3,(H,20,21). The van der Waals surface area contributed by atoms with E-state index in [4.69, 9.17) is 14.2 Å². The van der Waals surface area contributed by atoms with Crippen molar-refractivity contribution in [3.05, 3.63) is 53.6 Å². The quantitative estimate of drug-likeness (QED) is 0.812. The molecule has 0 bridgehead atoms. The van der Waals surface area contributed by atoms with Crippen LogP contribution in [0.3, 0.4) is 0 Å². The summed E-state index contributed by atoms with van der Waals surface area (Å²) < 4.78 is 15.6. The highest BCUT2D eigenvalue weighted by molar-refractivity contribution is 6.08. The lowest BCUT2D eigenvalue weighted by Gasteiger charge is -2.13. The molecule has 0 unspecified atom stereocenters. The molecule has 2 aromatic rings. The number of carbonyl (C=O) groups excluding carboxylic acids is 2. The zero-order chi connectivity index (χ0) is 18.4. The van der Waals surface area contributed by atoms with Gasteiger partial charge in [-0.3, -0.25) is 4.79 Å². The summed E-state index contributed by atoms with van der Waals surface area (Å²) in [4.78, 5) is 24.4. The molecule has 6 heteroatoms. The lowest BCUT2D eigenvalue weighted by Crippen LogP contribution is -2.15. The number of hydrogen-bond acceptors (Lipinski definition) is 5. The van der Waals surface area contributed by atoms with Crippen molar-refractivity contribution >= 4 is 17.6 Å². The van der Waals surface area contributed by atoms with Gasteiger partial charge in [0.05, 0.1) is 25.9 Å². The summed E-state index contributed by atoms with van der Waals surface area (Å²) >= 11 is 0. The Hall–Kier alpha value is -3.02. The Kier molecular flexibility index (Phi) is 6.00. The maximum Gasteiger partial charge on any atom is 0.338 e. The van der Waals surface area contributed by atoms with E-state index in [0.29, 0.717) is 28.3 Å². The molecule has 2 rings (SSSR count). The highest BCUT2D eigenvalue weighted by Crippen LogP contribution is 2.29. The molecular weight excluding hydrogens is 322 g/mol. The Morgan fingerprint density at radius 3 is 1.96 bits per heavy atom. The second-order valence-electron chi connectivity index (χ2n) is 5.52. The molecule has 1 N–H and O–H groups in total. The summed E-state index contributed by atoms with van der Waals surface area (Å²) in [6.45, 7) is 3.57. The zero-order valence-corrected chi connectivity index (χ0v) is 14.7. The van der Waals surface area contributed by atoms with Crippen LogP contribution in [0.1, 0.15) is 34.6 Å². The van der Waals surface area contributed by atoms with Crippen LogP contribution in [0.4, 0.5) is 5.69 Å². The Morgan fingerprint density at radius 1 is 0.920 bits per heavy atom. The van der Waals surface area contributed by atoms with E-state index in [9.17, 15) is 9.59 Å². The van der Waals surface area contributed by atoms with Crippen LogP contribution in [-0.4, -0.2) is 32.2 Å². The van der Waals surface area contributed by atoms with Gasteiger partial charge in [-0.1, -0.05) is 6.07 Å². The smallest absolute Gasteiger partial charge is 0.338 e. The minimum absolute atomic E-state index is 0.190. The molecule has 0 heterocycles. The summed E-state index contributed by atoms with van der Waals surface area (Å²) in [5.41, 5.74) is 1.26. The maximum absolute atomic E-state index is 12.6. The van der Waals surface area contributed by atoms with Gasteiger partial charge in [-0.05, 0) is 50.2 Å². The fourth-order valence-electron chi connectivity index (χ4n) is 2.24. The Labute approximate surface area is 146 Å². The van der Waals surface area contributed by atoms with Crippen LogP contribution >= 0.6 is 0 Å². The van der Waals surface area contributed by atoms with Crippen molar-refractivity contribution < 1.29 is 23.8 Å². The molecule has 0 fully saturated rings. The van der Waals surface area contributed by atoms with E-state index in [1.165, 1.54) is 14.2 Å². The van der Waals surface area contributed by atoms with Crippen LogP contribution in [0, 0.1) is 0 Å². The molecule has 0 aliphatic carbocycles.